The Hall–Kier alpha value is -3.65. The molecule has 1 aliphatic rings. The Bertz CT molecular complexity index is 1320. The molecule has 0 radical (unpaired) electrons. The standard InChI is InChI=1S/C29H32N2O5S/c1-5-6-16-36-22-13-12-21(17-23(22)35-4)25-24(26(32)28-18(2)30-19(3)37-28)27(33)29(34)31(25)15-14-20-10-8-7-9-11-20/h7-13,17,25,33H,5-6,14-16H2,1-4H3. The molecule has 0 saturated heterocycles. The van der Waals surface area contributed by atoms with Gasteiger partial charge >= 0.3 is 0 Å². The molecule has 1 atom stereocenters. The van der Waals surface area contributed by atoms with E-state index in [0.29, 0.717) is 47.2 Å². The number of aliphatic hydroxyl groups is 1. The molecule has 7 nitrogen and oxygen atoms in total. The molecule has 1 aliphatic heterocycles. The van der Waals surface area contributed by atoms with Gasteiger partial charge in [-0.1, -0.05) is 49.7 Å². The number of aliphatic hydroxyl groups excluding tert-OH is 1. The van der Waals surface area contributed by atoms with Crippen molar-refractivity contribution in [1.29, 1.82) is 0 Å². The van der Waals surface area contributed by atoms with E-state index in [0.717, 1.165) is 23.4 Å². The van der Waals surface area contributed by atoms with Crippen molar-refractivity contribution in [3.05, 3.63) is 86.6 Å². The second-order valence-corrected chi connectivity index (χ2v) is 10.2. The molecule has 0 fully saturated rings. The molecule has 1 N–H and O–H groups in total. The molecule has 0 saturated carbocycles. The molecule has 1 aromatic heterocycles. The Labute approximate surface area is 221 Å². The van der Waals surface area contributed by atoms with Gasteiger partial charge in [-0.2, -0.15) is 0 Å². The van der Waals surface area contributed by atoms with Crippen LogP contribution >= 0.6 is 11.3 Å². The third kappa shape index (κ3) is 5.54. The fraction of sp³-hybridized carbons (Fsp3) is 0.345. The normalized spacial score (nSPS) is 15.4. The summed E-state index contributed by atoms with van der Waals surface area (Å²) in [6, 6.07) is 14.4. The highest BCUT2D eigenvalue weighted by atomic mass is 32.1. The third-order valence-electron chi connectivity index (χ3n) is 6.40. The van der Waals surface area contributed by atoms with Gasteiger partial charge in [0.1, 0.15) is 0 Å². The number of carbonyl (C=O) groups excluding carboxylic acids is 2. The van der Waals surface area contributed by atoms with Crippen LogP contribution in [0.3, 0.4) is 0 Å². The van der Waals surface area contributed by atoms with E-state index in [1.165, 1.54) is 11.3 Å². The summed E-state index contributed by atoms with van der Waals surface area (Å²) < 4.78 is 11.5. The lowest BCUT2D eigenvalue weighted by atomic mass is 9.94. The van der Waals surface area contributed by atoms with Crippen LogP contribution in [0.4, 0.5) is 0 Å². The lowest BCUT2D eigenvalue weighted by Gasteiger charge is -2.27. The smallest absolute Gasteiger partial charge is 0.290 e. The number of unbranched alkanes of at least 4 members (excludes halogenated alkanes) is 1. The van der Waals surface area contributed by atoms with Crippen LogP contribution in [-0.2, 0) is 11.2 Å². The number of ketones is 1. The van der Waals surface area contributed by atoms with Crippen molar-refractivity contribution < 1.29 is 24.2 Å². The van der Waals surface area contributed by atoms with Gasteiger partial charge in [-0.15, -0.1) is 11.3 Å². The van der Waals surface area contributed by atoms with Crippen molar-refractivity contribution in [1.82, 2.24) is 9.88 Å². The van der Waals surface area contributed by atoms with Gasteiger partial charge in [0.2, 0.25) is 5.78 Å². The number of amides is 1. The Morgan fingerprint density at radius 2 is 1.89 bits per heavy atom. The first-order chi connectivity index (χ1) is 17.8. The van der Waals surface area contributed by atoms with Gasteiger partial charge in [0, 0.05) is 6.54 Å². The number of aryl methyl sites for hydroxylation is 2. The van der Waals surface area contributed by atoms with Crippen molar-refractivity contribution in [2.24, 2.45) is 0 Å². The SMILES string of the molecule is CCCCOc1ccc(C2C(C(=O)c3sc(C)nc3C)=C(O)C(=O)N2CCc2ccccc2)cc1OC. The molecule has 3 aromatic rings. The minimum atomic E-state index is -0.774. The van der Waals surface area contributed by atoms with Gasteiger partial charge in [0.25, 0.3) is 5.91 Å². The van der Waals surface area contributed by atoms with Gasteiger partial charge in [-0.25, -0.2) is 4.98 Å². The van der Waals surface area contributed by atoms with Gasteiger partial charge in [0.15, 0.2) is 17.3 Å². The Morgan fingerprint density at radius 1 is 1.14 bits per heavy atom. The number of ether oxygens (including phenoxy) is 2. The average molecular weight is 521 g/mol. The van der Waals surface area contributed by atoms with Crippen LogP contribution in [-0.4, -0.2) is 46.9 Å². The summed E-state index contributed by atoms with van der Waals surface area (Å²) in [6.07, 6.45) is 2.50. The number of benzene rings is 2. The zero-order valence-electron chi connectivity index (χ0n) is 21.6. The molecule has 1 unspecified atom stereocenters. The number of nitrogens with zero attached hydrogens (tertiary/aromatic N) is 2. The zero-order valence-corrected chi connectivity index (χ0v) is 22.4. The highest BCUT2D eigenvalue weighted by Crippen LogP contribution is 2.42. The molecular weight excluding hydrogens is 488 g/mol. The lowest BCUT2D eigenvalue weighted by Crippen LogP contribution is -2.33. The highest BCUT2D eigenvalue weighted by molar-refractivity contribution is 7.14. The van der Waals surface area contributed by atoms with E-state index in [1.807, 2.05) is 43.3 Å². The third-order valence-corrected chi connectivity index (χ3v) is 7.47. The quantitative estimate of drug-likeness (QED) is 0.255. The van der Waals surface area contributed by atoms with E-state index in [9.17, 15) is 14.7 Å². The van der Waals surface area contributed by atoms with Gasteiger partial charge in [-0.05, 0) is 49.9 Å². The first-order valence-electron chi connectivity index (χ1n) is 12.4. The molecule has 194 valence electrons. The van der Waals surface area contributed by atoms with E-state index in [4.69, 9.17) is 9.47 Å². The first kappa shape index (κ1) is 26.4. The average Bonchev–Trinajstić information content (AvgIpc) is 3.37. The van der Waals surface area contributed by atoms with Crippen molar-refractivity contribution >= 4 is 23.0 Å². The number of methoxy groups -OCH3 is 1. The summed E-state index contributed by atoms with van der Waals surface area (Å²) in [5, 5.41) is 11.8. The maximum absolute atomic E-state index is 13.8. The molecule has 4 rings (SSSR count). The molecule has 2 heterocycles. The molecule has 0 bridgehead atoms. The number of aromatic nitrogens is 1. The predicted octanol–water partition coefficient (Wildman–Crippen LogP) is 5.77. The van der Waals surface area contributed by atoms with Crippen LogP contribution in [0.5, 0.6) is 11.5 Å². The summed E-state index contributed by atoms with van der Waals surface area (Å²) in [5.41, 5.74) is 2.36. The van der Waals surface area contributed by atoms with Crippen LogP contribution in [0.25, 0.3) is 0 Å². The predicted molar refractivity (Wildman–Crippen MR) is 144 cm³/mol. The fourth-order valence-electron chi connectivity index (χ4n) is 4.52. The molecule has 2 aromatic carbocycles. The molecule has 0 spiro atoms. The van der Waals surface area contributed by atoms with E-state index in [2.05, 4.69) is 11.9 Å². The van der Waals surface area contributed by atoms with Crippen LogP contribution in [0.1, 0.15) is 57.3 Å². The topological polar surface area (TPSA) is 89.0 Å². The van der Waals surface area contributed by atoms with Crippen molar-refractivity contribution in [3.8, 4) is 11.5 Å². The van der Waals surface area contributed by atoms with E-state index < -0.39 is 17.7 Å². The zero-order chi connectivity index (χ0) is 26.5. The maximum Gasteiger partial charge on any atom is 0.290 e. The minimum Gasteiger partial charge on any atom is -0.503 e. The molecular formula is C29H32N2O5S. The van der Waals surface area contributed by atoms with Crippen LogP contribution < -0.4 is 9.47 Å². The molecule has 1 amide bonds. The number of hydrogen-bond donors (Lipinski definition) is 1. The highest BCUT2D eigenvalue weighted by Gasteiger charge is 2.44. The van der Waals surface area contributed by atoms with Gasteiger partial charge < -0.3 is 19.5 Å². The van der Waals surface area contributed by atoms with E-state index in [-0.39, 0.29) is 11.4 Å². The second kappa shape index (κ2) is 11.6. The Morgan fingerprint density at radius 3 is 2.54 bits per heavy atom. The maximum atomic E-state index is 13.8. The largest absolute Gasteiger partial charge is 0.503 e. The first-order valence-corrected chi connectivity index (χ1v) is 13.2. The summed E-state index contributed by atoms with van der Waals surface area (Å²) >= 11 is 1.26. The number of rotatable bonds is 11. The van der Waals surface area contributed by atoms with E-state index in [1.54, 1.807) is 31.1 Å². The number of thiazole rings is 1. The van der Waals surface area contributed by atoms with Crippen molar-refractivity contribution in [3.63, 3.8) is 0 Å². The van der Waals surface area contributed by atoms with Crippen LogP contribution in [0.15, 0.2) is 59.9 Å². The van der Waals surface area contributed by atoms with E-state index >= 15 is 0 Å². The number of hydrogen-bond acceptors (Lipinski definition) is 7. The Balaban J connectivity index is 1.74. The van der Waals surface area contributed by atoms with Crippen LogP contribution in [0.2, 0.25) is 0 Å². The fourth-order valence-corrected chi connectivity index (χ4v) is 5.40. The summed E-state index contributed by atoms with van der Waals surface area (Å²) in [7, 11) is 1.56. The molecule has 0 aliphatic carbocycles. The number of Topliss-reactive ketones (excluding diaryl/α,β-unsaturated/α-hetero) is 1. The minimum absolute atomic E-state index is 0.0616. The lowest BCUT2D eigenvalue weighted by molar-refractivity contribution is -0.129. The Kier molecular flexibility index (Phi) is 8.28. The van der Waals surface area contributed by atoms with Gasteiger partial charge in [-0.3, -0.25) is 9.59 Å². The summed E-state index contributed by atoms with van der Waals surface area (Å²) in [6.45, 7) is 6.57. The van der Waals surface area contributed by atoms with Crippen molar-refractivity contribution in [2.45, 2.75) is 46.1 Å². The number of carbonyl (C=O) groups is 2. The molecule has 37 heavy (non-hydrogen) atoms. The van der Waals surface area contributed by atoms with Crippen molar-refractivity contribution in [2.75, 3.05) is 20.3 Å². The molecule has 8 heteroatoms. The summed E-state index contributed by atoms with van der Waals surface area (Å²) in [4.78, 5) is 33.5. The van der Waals surface area contributed by atoms with Gasteiger partial charge in [0.05, 0.1) is 40.9 Å². The second-order valence-electron chi connectivity index (χ2n) is 8.99. The van der Waals surface area contributed by atoms with Crippen LogP contribution in [0, 0.1) is 13.8 Å². The summed E-state index contributed by atoms with van der Waals surface area (Å²) in [5.74, 6) is -0.369. The monoisotopic (exact) mass is 520 g/mol.